The van der Waals surface area contributed by atoms with Crippen molar-refractivity contribution in [2.75, 3.05) is 0 Å². The molecule has 1 saturated heterocycles. The second kappa shape index (κ2) is 8.38. The third-order valence-electron chi connectivity index (χ3n) is 3.73. The molecule has 0 unspecified atom stereocenters. The number of nitrogens with one attached hydrogen (secondary N) is 1. The Morgan fingerprint density at radius 1 is 1.19 bits per heavy atom. The fourth-order valence-corrected chi connectivity index (χ4v) is 3.65. The van der Waals surface area contributed by atoms with Crippen molar-refractivity contribution in [1.82, 2.24) is 5.32 Å². The van der Waals surface area contributed by atoms with Crippen molar-refractivity contribution in [1.29, 1.82) is 0 Å². The van der Waals surface area contributed by atoms with Crippen LogP contribution in [0.5, 0.6) is 5.75 Å². The van der Waals surface area contributed by atoms with Gasteiger partial charge in [-0.05, 0) is 74.0 Å². The lowest BCUT2D eigenvalue weighted by atomic mass is 10.2. The molecule has 1 aliphatic heterocycles. The SMILES string of the molecule is Cc1c(Cl)cccc1N=C1NC(=O)/C(=C\c2ccc(OC(C)C)c(Cl)c2)S1. The lowest BCUT2D eigenvalue weighted by Crippen LogP contribution is -2.19. The van der Waals surface area contributed by atoms with E-state index < -0.39 is 0 Å². The van der Waals surface area contributed by atoms with Crippen molar-refractivity contribution >= 4 is 57.8 Å². The van der Waals surface area contributed by atoms with E-state index in [1.807, 2.05) is 45.0 Å². The molecule has 0 atom stereocenters. The molecule has 7 heteroatoms. The summed E-state index contributed by atoms with van der Waals surface area (Å²) in [6.07, 6.45) is 1.81. The van der Waals surface area contributed by atoms with Gasteiger partial charge in [0.25, 0.3) is 5.91 Å². The number of benzene rings is 2. The predicted molar refractivity (Wildman–Crippen MR) is 114 cm³/mol. The molecule has 1 heterocycles. The maximum Gasteiger partial charge on any atom is 0.264 e. The number of amides is 1. The first-order chi connectivity index (χ1) is 12.8. The van der Waals surface area contributed by atoms with Gasteiger partial charge in [0.2, 0.25) is 0 Å². The molecule has 1 N–H and O–H groups in total. The topological polar surface area (TPSA) is 50.7 Å². The molecule has 2 aromatic rings. The summed E-state index contributed by atoms with van der Waals surface area (Å²) in [6, 6.07) is 10.9. The molecule has 2 aromatic carbocycles. The van der Waals surface area contributed by atoms with Crippen LogP contribution in [0.1, 0.15) is 25.0 Å². The highest BCUT2D eigenvalue weighted by Crippen LogP contribution is 2.32. The first kappa shape index (κ1) is 19.8. The highest BCUT2D eigenvalue weighted by molar-refractivity contribution is 8.18. The smallest absolute Gasteiger partial charge is 0.264 e. The molecule has 140 valence electrons. The molecule has 0 aliphatic carbocycles. The third-order valence-corrected chi connectivity index (χ3v) is 5.34. The lowest BCUT2D eigenvalue weighted by Gasteiger charge is -2.11. The van der Waals surface area contributed by atoms with Gasteiger partial charge in [0.05, 0.1) is 21.7 Å². The van der Waals surface area contributed by atoms with E-state index in [2.05, 4.69) is 10.3 Å². The van der Waals surface area contributed by atoms with Crippen molar-refractivity contribution in [2.24, 2.45) is 4.99 Å². The molecule has 4 nitrogen and oxygen atoms in total. The van der Waals surface area contributed by atoms with Gasteiger partial charge in [-0.2, -0.15) is 0 Å². The average Bonchev–Trinajstić information content (AvgIpc) is 2.93. The maximum atomic E-state index is 12.3. The minimum absolute atomic E-state index is 0.0385. The van der Waals surface area contributed by atoms with Crippen LogP contribution in [-0.4, -0.2) is 17.2 Å². The fraction of sp³-hybridized carbons (Fsp3) is 0.200. The molecular weight excluding hydrogens is 403 g/mol. The number of ether oxygens (including phenoxy) is 1. The fourth-order valence-electron chi connectivity index (χ4n) is 2.41. The van der Waals surface area contributed by atoms with E-state index in [1.165, 1.54) is 11.8 Å². The zero-order valence-corrected chi connectivity index (χ0v) is 17.4. The van der Waals surface area contributed by atoms with Gasteiger partial charge in [-0.25, -0.2) is 4.99 Å². The molecule has 0 radical (unpaired) electrons. The minimum Gasteiger partial charge on any atom is -0.489 e. The Labute approximate surface area is 172 Å². The van der Waals surface area contributed by atoms with E-state index in [1.54, 1.807) is 18.2 Å². The van der Waals surface area contributed by atoms with E-state index in [9.17, 15) is 4.79 Å². The summed E-state index contributed by atoms with van der Waals surface area (Å²) in [5.41, 5.74) is 2.41. The van der Waals surface area contributed by atoms with Crippen LogP contribution in [0, 0.1) is 6.92 Å². The number of nitrogens with zero attached hydrogens (tertiary/aromatic N) is 1. The first-order valence-corrected chi connectivity index (χ1v) is 9.91. The minimum atomic E-state index is -0.197. The van der Waals surface area contributed by atoms with Crippen molar-refractivity contribution < 1.29 is 9.53 Å². The van der Waals surface area contributed by atoms with Crippen LogP contribution < -0.4 is 10.1 Å². The number of amidine groups is 1. The van der Waals surface area contributed by atoms with Crippen molar-refractivity contribution in [3.8, 4) is 5.75 Å². The number of rotatable bonds is 4. The number of hydrogen-bond acceptors (Lipinski definition) is 4. The predicted octanol–water partition coefficient (Wildman–Crippen LogP) is 5.98. The van der Waals surface area contributed by atoms with Crippen LogP contribution in [-0.2, 0) is 4.79 Å². The second-order valence-electron chi connectivity index (χ2n) is 6.22. The van der Waals surface area contributed by atoms with Gasteiger partial charge in [-0.3, -0.25) is 4.79 Å². The normalized spacial score (nSPS) is 17.0. The van der Waals surface area contributed by atoms with Crippen LogP contribution in [0.2, 0.25) is 10.0 Å². The van der Waals surface area contributed by atoms with Gasteiger partial charge >= 0.3 is 0 Å². The molecule has 3 rings (SSSR count). The van der Waals surface area contributed by atoms with Gasteiger partial charge in [0, 0.05) is 5.02 Å². The molecule has 0 spiro atoms. The summed E-state index contributed by atoms with van der Waals surface area (Å²) in [5.74, 6) is 0.424. The highest BCUT2D eigenvalue weighted by Gasteiger charge is 2.24. The van der Waals surface area contributed by atoms with Gasteiger partial charge in [0.1, 0.15) is 5.75 Å². The monoisotopic (exact) mass is 420 g/mol. The third kappa shape index (κ3) is 4.86. The van der Waals surface area contributed by atoms with Crippen LogP contribution in [0.25, 0.3) is 6.08 Å². The molecule has 0 bridgehead atoms. The Bertz CT molecular complexity index is 955. The largest absolute Gasteiger partial charge is 0.489 e. The summed E-state index contributed by atoms with van der Waals surface area (Å²) in [4.78, 5) is 17.3. The highest BCUT2D eigenvalue weighted by atomic mass is 35.5. The molecular formula is C20H18Cl2N2O2S. The van der Waals surface area contributed by atoms with Gasteiger partial charge < -0.3 is 10.1 Å². The summed E-state index contributed by atoms with van der Waals surface area (Å²) >= 11 is 13.7. The van der Waals surface area contributed by atoms with Crippen molar-refractivity contribution in [3.63, 3.8) is 0 Å². The van der Waals surface area contributed by atoms with Crippen LogP contribution in [0.4, 0.5) is 5.69 Å². The van der Waals surface area contributed by atoms with E-state index in [4.69, 9.17) is 27.9 Å². The van der Waals surface area contributed by atoms with Crippen molar-refractivity contribution in [3.05, 3.63) is 62.5 Å². The van der Waals surface area contributed by atoms with Crippen molar-refractivity contribution in [2.45, 2.75) is 26.9 Å². The summed E-state index contributed by atoms with van der Waals surface area (Å²) in [5, 5.41) is 4.44. The zero-order chi connectivity index (χ0) is 19.6. The lowest BCUT2D eigenvalue weighted by molar-refractivity contribution is -0.115. The quantitative estimate of drug-likeness (QED) is 0.618. The summed E-state index contributed by atoms with van der Waals surface area (Å²) < 4.78 is 5.63. The summed E-state index contributed by atoms with van der Waals surface area (Å²) in [7, 11) is 0. The first-order valence-electron chi connectivity index (χ1n) is 8.34. The Morgan fingerprint density at radius 3 is 2.67 bits per heavy atom. The molecule has 1 amide bonds. The van der Waals surface area contributed by atoms with Crippen LogP contribution in [0.15, 0.2) is 46.3 Å². The van der Waals surface area contributed by atoms with E-state index in [0.717, 1.165) is 16.8 Å². The molecule has 1 fully saturated rings. The van der Waals surface area contributed by atoms with Crippen LogP contribution in [0.3, 0.4) is 0 Å². The Balaban J connectivity index is 1.82. The van der Waals surface area contributed by atoms with E-state index in [-0.39, 0.29) is 12.0 Å². The van der Waals surface area contributed by atoms with Gasteiger partial charge in [-0.1, -0.05) is 35.3 Å². The molecule has 0 aromatic heterocycles. The van der Waals surface area contributed by atoms with E-state index >= 15 is 0 Å². The van der Waals surface area contributed by atoms with E-state index in [0.29, 0.717) is 25.9 Å². The Hall–Kier alpha value is -1.95. The molecule has 27 heavy (non-hydrogen) atoms. The number of aliphatic imine (C=N–C) groups is 1. The molecule has 0 saturated carbocycles. The standard InChI is InChI=1S/C20H18Cl2N2O2S/c1-11(2)26-17-8-7-13(9-15(17)22)10-18-19(25)24-20(27-18)23-16-6-4-5-14(21)12(16)3/h4-11H,1-3H3,(H,23,24,25)/b18-10+. The number of carbonyl (C=O) groups excluding carboxylic acids is 1. The van der Waals surface area contributed by atoms with Gasteiger partial charge in [-0.15, -0.1) is 0 Å². The number of thioether (sulfide) groups is 1. The Morgan fingerprint density at radius 2 is 1.96 bits per heavy atom. The van der Waals surface area contributed by atoms with Gasteiger partial charge in [0.15, 0.2) is 5.17 Å². The number of hydrogen-bond donors (Lipinski definition) is 1. The number of halogens is 2. The Kier molecular flexibility index (Phi) is 6.15. The zero-order valence-electron chi connectivity index (χ0n) is 15.0. The second-order valence-corrected chi connectivity index (χ2v) is 8.07. The summed E-state index contributed by atoms with van der Waals surface area (Å²) in [6.45, 7) is 5.77. The molecule has 1 aliphatic rings. The van der Waals surface area contributed by atoms with Crippen LogP contribution >= 0.6 is 35.0 Å². The maximum absolute atomic E-state index is 12.3. The number of carbonyl (C=O) groups is 1. The average molecular weight is 421 g/mol.